The molecule has 0 radical (unpaired) electrons. The number of rotatable bonds is 5. The van der Waals surface area contributed by atoms with E-state index in [4.69, 9.17) is 14.2 Å². The molecular formula is C26H34O3. The van der Waals surface area contributed by atoms with Crippen LogP contribution in [0.15, 0.2) is 36.4 Å². The molecule has 2 aromatic carbocycles. The smallest absolute Gasteiger partial charge is 0.204 e. The first-order chi connectivity index (χ1) is 13.6. The number of hydrogen-bond donors (Lipinski definition) is 0. The van der Waals surface area contributed by atoms with Crippen LogP contribution in [-0.4, -0.2) is 18.0 Å². The minimum Gasteiger partial charge on any atom is -0.490 e. The first-order valence-corrected chi connectivity index (χ1v) is 10.8. The minimum absolute atomic E-state index is 0.220. The molecule has 0 amide bonds. The van der Waals surface area contributed by atoms with Gasteiger partial charge in [-0.05, 0) is 61.4 Å². The van der Waals surface area contributed by atoms with Gasteiger partial charge in [0.25, 0.3) is 0 Å². The Morgan fingerprint density at radius 2 is 1.41 bits per heavy atom. The normalized spacial score (nSPS) is 20.8. The lowest BCUT2D eigenvalue weighted by molar-refractivity contribution is -0.147. The number of benzene rings is 2. The van der Waals surface area contributed by atoms with Crippen LogP contribution < -0.4 is 9.47 Å². The second kappa shape index (κ2) is 7.36. The maximum Gasteiger partial charge on any atom is 0.204 e. The molecule has 2 aliphatic heterocycles. The molecule has 0 saturated carbocycles. The molecule has 0 saturated heterocycles. The van der Waals surface area contributed by atoms with Gasteiger partial charge >= 0.3 is 0 Å². The van der Waals surface area contributed by atoms with Crippen molar-refractivity contribution in [2.45, 2.75) is 85.2 Å². The fourth-order valence-corrected chi connectivity index (χ4v) is 4.53. The first-order valence-electron chi connectivity index (χ1n) is 10.8. The van der Waals surface area contributed by atoms with Crippen molar-refractivity contribution in [1.82, 2.24) is 0 Å². The summed E-state index contributed by atoms with van der Waals surface area (Å²) < 4.78 is 18.3. The molecule has 0 bridgehead atoms. The third-order valence-corrected chi connectivity index (χ3v) is 5.55. The predicted molar refractivity (Wildman–Crippen MR) is 117 cm³/mol. The summed E-state index contributed by atoms with van der Waals surface area (Å²) in [6.45, 7) is 13.2. The largest absolute Gasteiger partial charge is 0.490 e. The zero-order valence-corrected chi connectivity index (χ0v) is 18.7. The Labute approximate surface area is 175 Å². The quantitative estimate of drug-likeness (QED) is 0.632. The van der Waals surface area contributed by atoms with Crippen molar-refractivity contribution in [3.05, 3.63) is 58.7 Å². The standard InChI is InChI=1S/C26H34O3/c1-17-11-20-13-19(8-9-22(20)27-17)16-26(5,6)29-24-14-21-12-18(15-25(2,3)4)7-10-23(21)28-24/h7-10,12-13,17,24H,11,14-16H2,1-6H3/t17-,24+/m1/s1. The van der Waals surface area contributed by atoms with Crippen molar-refractivity contribution in [3.8, 4) is 11.5 Å². The van der Waals surface area contributed by atoms with Gasteiger partial charge in [0.05, 0.1) is 5.60 Å². The average Bonchev–Trinajstić information content (AvgIpc) is 3.12. The van der Waals surface area contributed by atoms with E-state index in [0.29, 0.717) is 0 Å². The van der Waals surface area contributed by atoms with Crippen LogP contribution in [0.25, 0.3) is 0 Å². The van der Waals surface area contributed by atoms with Crippen molar-refractivity contribution in [2.24, 2.45) is 5.41 Å². The predicted octanol–water partition coefficient (Wildman–Crippen LogP) is 5.90. The van der Waals surface area contributed by atoms with Crippen molar-refractivity contribution in [3.63, 3.8) is 0 Å². The highest BCUT2D eigenvalue weighted by Gasteiger charge is 2.31. The van der Waals surface area contributed by atoms with Crippen molar-refractivity contribution in [2.75, 3.05) is 0 Å². The van der Waals surface area contributed by atoms with Crippen LogP contribution in [0.2, 0.25) is 0 Å². The molecule has 2 aromatic rings. The van der Waals surface area contributed by atoms with Gasteiger partial charge < -0.3 is 14.2 Å². The SMILES string of the molecule is C[C@@H]1Cc2cc(CC(C)(C)O[C@H]3Cc4cc(CC(C)(C)C)ccc4O3)ccc2O1. The summed E-state index contributed by atoms with van der Waals surface area (Å²) in [4.78, 5) is 0. The molecule has 2 atom stereocenters. The third-order valence-electron chi connectivity index (χ3n) is 5.55. The Kier molecular flexibility index (Phi) is 5.14. The topological polar surface area (TPSA) is 27.7 Å². The van der Waals surface area contributed by atoms with E-state index in [0.717, 1.165) is 37.2 Å². The van der Waals surface area contributed by atoms with Crippen LogP contribution in [0, 0.1) is 5.41 Å². The van der Waals surface area contributed by atoms with Gasteiger partial charge in [-0.15, -0.1) is 0 Å². The van der Waals surface area contributed by atoms with Crippen LogP contribution in [0.4, 0.5) is 0 Å². The highest BCUT2D eigenvalue weighted by molar-refractivity contribution is 5.42. The molecule has 0 aliphatic carbocycles. The molecule has 0 aromatic heterocycles. The summed E-state index contributed by atoms with van der Waals surface area (Å²) in [5.41, 5.74) is 5.20. The van der Waals surface area contributed by atoms with E-state index < -0.39 is 0 Å². The molecule has 3 heteroatoms. The van der Waals surface area contributed by atoms with Gasteiger partial charge in [-0.1, -0.05) is 45.0 Å². The molecule has 2 aliphatic rings. The minimum atomic E-state index is -0.305. The van der Waals surface area contributed by atoms with Gasteiger partial charge in [0.2, 0.25) is 6.29 Å². The van der Waals surface area contributed by atoms with Crippen molar-refractivity contribution >= 4 is 0 Å². The Balaban J connectivity index is 1.39. The van der Waals surface area contributed by atoms with E-state index in [1.165, 1.54) is 22.3 Å². The lowest BCUT2D eigenvalue weighted by Gasteiger charge is -2.29. The summed E-state index contributed by atoms with van der Waals surface area (Å²) in [5, 5.41) is 0. The van der Waals surface area contributed by atoms with Gasteiger partial charge in [-0.25, -0.2) is 0 Å². The monoisotopic (exact) mass is 394 g/mol. The highest BCUT2D eigenvalue weighted by atomic mass is 16.7. The van der Waals surface area contributed by atoms with Crippen molar-refractivity contribution < 1.29 is 14.2 Å². The van der Waals surface area contributed by atoms with E-state index in [-0.39, 0.29) is 23.4 Å². The number of fused-ring (bicyclic) bond motifs is 2. The second-order valence-electron chi connectivity index (χ2n) is 10.6. The zero-order chi connectivity index (χ0) is 20.8. The molecule has 0 N–H and O–H groups in total. The lowest BCUT2D eigenvalue weighted by Crippen LogP contribution is -2.35. The average molecular weight is 395 g/mol. The maximum absolute atomic E-state index is 6.41. The Morgan fingerprint density at radius 3 is 2.07 bits per heavy atom. The van der Waals surface area contributed by atoms with Gasteiger partial charge in [0.1, 0.15) is 17.6 Å². The fourth-order valence-electron chi connectivity index (χ4n) is 4.53. The molecule has 2 heterocycles. The Bertz CT molecular complexity index is 891. The zero-order valence-electron chi connectivity index (χ0n) is 18.7. The molecule has 29 heavy (non-hydrogen) atoms. The summed E-state index contributed by atoms with van der Waals surface area (Å²) in [6, 6.07) is 13.1. The van der Waals surface area contributed by atoms with Crippen LogP contribution in [0.3, 0.4) is 0 Å². The second-order valence-corrected chi connectivity index (χ2v) is 10.6. The Hall–Kier alpha value is -2.00. The van der Waals surface area contributed by atoms with Crippen LogP contribution in [0.5, 0.6) is 11.5 Å². The summed E-state index contributed by atoms with van der Waals surface area (Å²) in [5.74, 6) is 1.99. The number of ether oxygens (including phenoxy) is 3. The highest BCUT2D eigenvalue weighted by Crippen LogP contribution is 2.35. The van der Waals surface area contributed by atoms with E-state index in [2.05, 4.69) is 77.9 Å². The Morgan fingerprint density at radius 1 is 0.828 bits per heavy atom. The molecule has 0 fully saturated rings. The molecular weight excluding hydrogens is 360 g/mol. The molecule has 4 rings (SSSR count). The summed E-state index contributed by atoms with van der Waals surface area (Å²) >= 11 is 0. The first kappa shape index (κ1) is 20.3. The molecule has 0 spiro atoms. The van der Waals surface area contributed by atoms with Gasteiger partial charge in [-0.2, -0.15) is 0 Å². The molecule has 0 unspecified atom stereocenters. The van der Waals surface area contributed by atoms with Crippen LogP contribution in [0.1, 0.15) is 63.8 Å². The summed E-state index contributed by atoms with van der Waals surface area (Å²) in [6.07, 6.45) is 3.77. The van der Waals surface area contributed by atoms with E-state index in [9.17, 15) is 0 Å². The van der Waals surface area contributed by atoms with Gasteiger partial charge in [0.15, 0.2) is 0 Å². The maximum atomic E-state index is 6.41. The third kappa shape index (κ3) is 4.95. The fraction of sp³-hybridized carbons (Fsp3) is 0.538. The van der Waals surface area contributed by atoms with Gasteiger partial charge in [0, 0.05) is 24.8 Å². The van der Waals surface area contributed by atoms with E-state index in [1.807, 2.05) is 0 Å². The van der Waals surface area contributed by atoms with Crippen LogP contribution >= 0.6 is 0 Å². The van der Waals surface area contributed by atoms with E-state index >= 15 is 0 Å². The molecule has 156 valence electrons. The van der Waals surface area contributed by atoms with Crippen LogP contribution in [-0.2, 0) is 30.4 Å². The van der Waals surface area contributed by atoms with Gasteiger partial charge in [-0.3, -0.25) is 0 Å². The summed E-state index contributed by atoms with van der Waals surface area (Å²) in [7, 11) is 0. The van der Waals surface area contributed by atoms with E-state index in [1.54, 1.807) is 0 Å². The lowest BCUT2D eigenvalue weighted by atomic mass is 9.87. The number of hydrogen-bond acceptors (Lipinski definition) is 3. The van der Waals surface area contributed by atoms with Crippen molar-refractivity contribution in [1.29, 1.82) is 0 Å². The molecule has 3 nitrogen and oxygen atoms in total.